The number of anilines is 1. The van der Waals surface area contributed by atoms with Crippen LogP contribution in [0, 0.1) is 10.1 Å². The molecule has 0 saturated heterocycles. The molecule has 1 aromatic heterocycles. The predicted octanol–water partition coefficient (Wildman–Crippen LogP) is 5.84. The summed E-state index contributed by atoms with van der Waals surface area (Å²) in [6.45, 7) is 0. The van der Waals surface area contributed by atoms with Crippen LogP contribution in [-0.4, -0.2) is 18.3 Å². The quantitative estimate of drug-likeness (QED) is 0.281. The number of rotatable bonds is 6. The predicted molar refractivity (Wildman–Crippen MR) is 122 cm³/mol. The molecule has 3 aromatic carbocycles. The van der Waals surface area contributed by atoms with Crippen LogP contribution in [0.4, 0.5) is 11.4 Å². The topological polar surface area (TPSA) is 102 Å². The molecule has 156 valence electrons. The van der Waals surface area contributed by atoms with Gasteiger partial charge in [-0.15, -0.1) is 11.3 Å². The molecule has 0 saturated carbocycles. The third kappa shape index (κ3) is 4.58. The van der Waals surface area contributed by atoms with Crippen molar-refractivity contribution in [1.29, 1.82) is 0 Å². The van der Waals surface area contributed by atoms with Gasteiger partial charge in [-0.3, -0.25) is 14.8 Å². The lowest BCUT2D eigenvalue weighted by Gasteiger charge is -2.09. The normalized spacial score (nSPS) is 11.3. The van der Waals surface area contributed by atoms with Gasteiger partial charge in [0, 0.05) is 28.3 Å². The van der Waals surface area contributed by atoms with Gasteiger partial charge >= 0.3 is 0 Å². The molecule has 4 rings (SSSR count). The summed E-state index contributed by atoms with van der Waals surface area (Å²) < 4.78 is 27.6. The van der Waals surface area contributed by atoms with E-state index in [0.29, 0.717) is 5.69 Å². The summed E-state index contributed by atoms with van der Waals surface area (Å²) in [6, 6.07) is 19.9. The van der Waals surface area contributed by atoms with Crippen LogP contribution in [0.25, 0.3) is 21.8 Å². The molecular weight excluding hydrogens is 458 g/mol. The molecule has 0 bridgehead atoms. The highest BCUT2D eigenvalue weighted by atomic mass is 35.5. The number of sulfonamides is 1. The van der Waals surface area contributed by atoms with Crippen molar-refractivity contribution in [2.24, 2.45) is 0 Å². The van der Waals surface area contributed by atoms with Crippen molar-refractivity contribution < 1.29 is 13.3 Å². The Morgan fingerprint density at radius 1 is 0.968 bits per heavy atom. The van der Waals surface area contributed by atoms with Gasteiger partial charge in [0.05, 0.1) is 15.5 Å². The molecule has 0 aliphatic rings. The first-order valence-electron chi connectivity index (χ1n) is 8.92. The Hall–Kier alpha value is -3.27. The van der Waals surface area contributed by atoms with Crippen LogP contribution in [0.15, 0.2) is 83.1 Å². The van der Waals surface area contributed by atoms with E-state index in [-0.39, 0.29) is 9.92 Å². The molecule has 0 atom stereocenters. The monoisotopic (exact) mass is 471 g/mol. The zero-order valence-corrected chi connectivity index (χ0v) is 18.1. The maximum absolute atomic E-state index is 12.6. The number of nitro benzene ring substituents is 1. The lowest BCUT2D eigenvalue weighted by Crippen LogP contribution is -2.13. The summed E-state index contributed by atoms with van der Waals surface area (Å²) in [5.41, 5.74) is 2.49. The number of nitrogens with one attached hydrogen (secondary N) is 1. The van der Waals surface area contributed by atoms with Gasteiger partial charge in [0.15, 0.2) is 0 Å². The smallest absolute Gasteiger partial charge is 0.280 e. The fraction of sp³-hybridized carbons (Fsp3) is 0. The average molecular weight is 472 g/mol. The highest BCUT2D eigenvalue weighted by Gasteiger charge is 2.21. The van der Waals surface area contributed by atoms with E-state index in [9.17, 15) is 18.5 Å². The van der Waals surface area contributed by atoms with Crippen LogP contribution in [0.1, 0.15) is 0 Å². The van der Waals surface area contributed by atoms with Gasteiger partial charge in [0.25, 0.3) is 15.7 Å². The Bertz CT molecular complexity index is 1360. The lowest BCUT2D eigenvalue weighted by atomic mass is 10.1. The average Bonchev–Trinajstić information content (AvgIpc) is 3.25. The fourth-order valence-electron chi connectivity index (χ4n) is 2.84. The van der Waals surface area contributed by atoms with Crippen LogP contribution in [0.3, 0.4) is 0 Å². The van der Waals surface area contributed by atoms with E-state index in [1.54, 1.807) is 24.3 Å². The van der Waals surface area contributed by atoms with E-state index in [1.807, 2.05) is 35.7 Å². The van der Waals surface area contributed by atoms with Crippen molar-refractivity contribution in [2.45, 2.75) is 4.90 Å². The van der Waals surface area contributed by atoms with Crippen LogP contribution in [-0.2, 0) is 10.0 Å². The van der Waals surface area contributed by atoms with Gasteiger partial charge in [-0.05, 0) is 24.3 Å². The lowest BCUT2D eigenvalue weighted by molar-refractivity contribution is -0.384. The van der Waals surface area contributed by atoms with Gasteiger partial charge in [0.2, 0.25) is 0 Å². The first-order valence-corrected chi connectivity index (χ1v) is 11.7. The highest BCUT2D eigenvalue weighted by molar-refractivity contribution is 7.92. The van der Waals surface area contributed by atoms with Crippen LogP contribution in [0.2, 0.25) is 5.02 Å². The van der Waals surface area contributed by atoms with Crippen LogP contribution >= 0.6 is 22.9 Å². The molecule has 0 amide bonds. The van der Waals surface area contributed by atoms with Gasteiger partial charge < -0.3 is 0 Å². The third-order valence-electron chi connectivity index (χ3n) is 4.38. The second kappa shape index (κ2) is 8.46. The molecule has 0 fully saturated rings. The molecule has 1 heterocycles. The number of aromatic nitrogens is 1. The van der Waals surface area contributed by atoms with Gasteiger partial charge in [-0.2, -0.15) is 0 Å². The maximum Gasteiger partial charge on any atom is 0.289 e. The fourth-order valence-corrected chi connectivity index (χ4v) is 4.94. The Morgan fingerprint density at radius 2 is 1.68 bits per heavy atom. The summed E-state index contributed by atoms with van der Waals surface area (Å²) in [4.78, 5) is 14.7. The minimum atomic E-state index is -4.02. The molecule has 1 N–H and O–H groups in total. The number of hydrogen-bond donors (Lipinski definition) is 1. The van der Waals surface area contributed by atoms with E-state index in [0.717, 1.165) is 27.9 Å². The number of hydrogen-bond acceptors (Lipinski definition) is 6. The second-order valence-electron chi connectivity index (χ2n) is 6.46. The minimum Gasteiger partial charge on any atom is -0.280 e. The largest absolute Gasteiger partial charge is 0.289 e. The number of halogens is 1. The molecule has 31 heavy (non-hydrogen) atoms. The van der Waals surface area contributed by atoms with Crippen molar-refractivity contribution in [3.05, 3.63) is 93.3 Å². The highest BCUT2D eigenvalue weighted by Crippen LogP contribution is 2.31. The molecule has 10 heteroatoms. The van der Waals surface area contributed by atoms with E-state index in [4.69, 9.17) is 11.6 Å². The van der Waals surface area contributed by atoms with Crippen LogP contribution < -0.4 is 4.72 Å². The van der Waals surface area contributed by atoms with E-state index in [2.05, 4.69) is 9.71 Å². The summed E-state index contributed by atoms with van der Waals surface area (Å²) in [5, 5.41) is 13.7. The first kappa shape index (κ1) is 21.0. The van der Waals surface area contributed by atoms with Gasteiger partial charge in [-0.25, -0.2) is 13.4 Å². The standard InChI is InChI=1S/C21H14ClN3O4S2/c22-18-11-10-17(12-20(18)25(26)27)31(28,29)24-16-8-6-14(7-9-16)19-13-30-21(23-19)15-4-2-1-3-5-15/h1-13,24H. The zero-order valence-electron chi connectivity index (χ0n) is 15.7. The third-order valence-corrected chi connectivity index (χ3v) is 6.97. The molecular formula is C21H14ClN3O4S2. The molecule has 0 aliphatic carbocycles. The number of nitro groups is 1. The van der Waals surface area contributed by atoms with Crippen molar-refractivity contribution in [2.75, 3.05) is 4.72 Å². The van der Waals surface area contributed by atoms with Crippen molar-refractivity contribution in [1.82, 2.24) is 4.98 Å². The zero-order chi connectivity index (χ0) is 22.0. The molecule has 0 spiro atoms. The Balaban J connectivity index is 1.54. The molecule has 0 unspecified atom stereocenters. The molecule has 0 radical (unpaired) electrons. The maximum atomic E-state index is 12.6. The SMILES string of the molecule is O=[N+]([O-])c1cc(S(=O)(=O)Nc2ccc(-c3csc(-c4ccccc4)n3)cc2)ccc1Cl. The van der Waals surface area contributed by atoms with Crippen molar-refractivity contribution >= 4 is 44.3 Å². The molecule has 0 aliphatic heterocycles. The van der Waals surface area contributed by atoms with Crippen molar-refractivity contribution in [3.63, 3.8) is 0 Å². The summed E-state index contributed by atoms with van der Waals surface area (Å²) in [7, 11) is -4.02. The van der Waals surface area contributed by atoms with E-state index in [1.165, 1.54) is 23.5 Å². The first-order chi connectivity index (χ1) is 14.8. The Morgan fingerprint density at radius 3 is 2.35 bits per heavy atom. The Labute approximate surface area is 187 Å². The minimum absolute atomic E-state index is 0.133. The van der Waals surface area contributed by atoms with Gasteiger partial charge in [-0.1, -0.05) is 54.1 Å². The number of nitrogens with zero attached hydrogens (tertiary/aromatic N) is 2. The number of thiazole rings is 1. The van der Waals surface area contributed by atoms with E-state index >= 15 is 0 Å². The second-order valence-corrected chi connectivity index (χ2v) is 9.40. The summed E-state index contributed by atoms with van der Waals surface area (Å²) in [5.74, 6) is 0. The van der Waals surface area contributed by atoms with Gasteiger partial charge in [0.1, 0.15) is 10.0 Å². The number of benzene rings is 3. The molecule has 4 aromatic rings. The molecule has 7 nitrogen and oxygen atoms in total. The summed E-state index contributed by atoms with van der Waals surface area (Å²) in [6.07, 6.45) is 0. The Kier molecular flexibility index (Phi) is 5.73. The van der Waals surface area contributed by atoms with E-state index < -0.39 is 20.6 Å². The van der Waals surface area contributed by atoms with Crippen molar-refractivity contribution in [3.8, 4) is 21.8 Å². The van der Waals surface area contributed by atoms with Crippen LogP contribution in [0.5, 0.6) is 0 Å². The summed E-state index contributed by atoms with van der Waals surface area (Å²) >= 11 is 7.28.